The van der Waals surface area contributed by atoms with Gasteiger partial charge in [0, 0.05) is 6.54 Å². The maximum atomic E-state index is 11.7. The van der Waals surface area contributed by atoms with E-state index in [-0.39, 0.29) is 4.90 Å². The average molecular weight is 300 g/mol. The molecule has 0 bridgehead atoms. The fourth-order valence-corrected chi connectivity index (χ4v) is 3.38. The van der Waals surface area contributed by atoms with Gasteiger partial charge in [0.1, 0.15) is 12.4 Å². The van der Waals surface area contributed by atoms with Crippen molar-refractivity contribution in [3.8, 4) is 5.75 Å². The van der Waals surface area contributed by atoms with Gasteiger partial charge in [-0.1, -0.05) is 0 Å². The van der Waals surface area contributed by atoms with Crippen molar-refractivity contribution < 1.29 is 13.2 Å². The summed E-state index contributed by atoms with van der Waals surface area (Å²) >= 11 is 0. The van der Waals surface area contributed by atoms with Crippen molar-refractivity contribution in [1.29, 1.82) is 0 Å². The first-order valence-electron chi connectivity index (χ1n) is 6.48. The molecule has 6 heteroatoms. The van der Waals surface area contributed by atoms with Gasteiger partial charge in [0.05, 0.1) is 4.90 Å². The minimum atomic E-state index is -3.72. The van der Waals surface area contributed by atoms with Crippen molar-refractivity contribution in [2.24, 2.45) is 5.14 Å². The number of benzene rings is 1. The summed E-state index contributed by atoms with van der Waals surface area (Å²) in [5.41, 5.74) is 2.98. The van der Waals surface area contributed by atoms with Crippen LogP contribution in [0, 0.1) is 27.7 Å². The normalized spacial score (nSPS) is 12.0. The smallest absolute Gasteiger partial charge is 0.238 e. The van der Waals surface area contributed by atoms with Gasteiger partial charge in [-0.2, -0.15) is 0 Å². The topological polar surface area (TPSA) is 72.6 Å². The van der Waals surface area contributed by atoms with Crippen LogP contribution in [0.1, 0.15) is 22.3 Å². The molecule has 2 N–H and O–H groups in total. The van der Waals surface area contributed by atoms with Crippen molar-refractivity contribution in [2.45, 2.75) is 32.6 Å². The Morgan fingerprint density at radius 3 is 1.80 bits per heavy atom. The lowest BCUT2D eigenvalue weighted by Crippen LogP contribution is -2.21. The molecule has 0 radical (unpaired) electrons. The fourth-order valence-electron chi connectivity index (χ4n) is 2.22. The standard InChI is InChI=1S/C14H24N2O3S/c1-9-11(3)14(20(15,17)18)12(4)10(2)13(9)19-8-7-16(5)6/h7-8H2,1-6H3,(H2,15,17,18). The van der Waals surface area contributed by atoms with Crippen molar-refractivity contribution in [1.82, 2.24) is 4.90 Å². The Hall–Kier alpha value is -1.11. The third-order valence-electron chi connectivity index (χ3n) is 3.56. The number of hydrogen-bond donors (Lipinski definition) is 1. The maximum Gasteiger partial charge on any atom is 0.238 e. The number of hydrogen-bond acceptors (Lipinski definition) is 4. The molecule has 20 heavy (non-hydrogen) atoms. The largest absolute Gasteiger partial charge is 0.492 e. The highest BCUT2D eigenvalue weighted by Crippen LogP contribution is 2.34. The summed E-state index contributed by atoms with van der Waals surface area (Å²) in [4.78, 5) is 2.25. The lowest BCUT2D eigenvalue weighted by molar-refractivity contribution is 0.258. The van der Waals surface area contributed by atoms with E-state index in [1.54, 1.807) is 13.8 Å². The molecule has 0 atom stereocenters. The molecule has 0 saturated heterocycles. The van der Waals surface area contributed by atoms with Crippen LogP contribution in [0.3, 0.4) is 0 Å². The lowest BCUT2D eigenvalue weighted by atomic mass is 10.00. The molecule has 0 aliphatic rings. The first-order chi connectivity index (χ1) is 9.07. The summed E-state index contributed by atoms with van der Waals surface area (Å²) in [7, 11) is 0.228. The summed E-state index contributed by atoms with van der Waals surface area (Å²) in [6.45, 7) is 8.61. The first kappa shape index (κ1) is 16.9. The molecule has 114 valence electrons. The number of primary sulfonamides is 1. The van der Waals surface area contributed by atoms with Crippen LogP contribution in [0.25, 0.3) is 0 Å². The fraction of sp³-hybridized carbons (Fsp3) is 0.571. The van der Waals surface area contributed by atoms with Gasteiger partial charge < -0.3 is 9.64 Å². The summed E-state index contributed by atoms with van der Waals surface area (Å²) in [6.07, 6.45) is 0. The summed E-state index contributed by atoms with van der Waals surface area (Å²) < 4.78 is 29.3. The van der Waals surface area contributed by atoms with E-state index in [2.05, 4.69) is 0 Å². The van der Waals surface area contributed by atoms with Crippen LogP contribution in [0.5, 0.6) is 5.75 Å². The van der Waals surface area contributed by atoms with Gasteiger partial charge in [0.2, 0.25) is 10.0 Å². The molecule has 1 aromatic carbocycles. The molecule has 0 saturated carbocycles. The van der Waals surface area contributed by atoms with E-state index in [0.717, 1.165) is 23.4 Å². The second-order valence-electron chi connectivity index (χ2n) is 5.35. The van der Waals surface area contributed by atoms with E-state index in [1.165, 1.54) is 0 Å². The molecule has 0 spiro atoms. The second kappa shape index (κ2) is 6.11. The van der Waals surface area contributed by atoms with Crippen LogP contribution in [0.4, 0.5) is 0 Å². The van der Waals surface area contributed by atoms with Gasteiger partial charge in [-0.25, -0.2) is 13.6 Å². The Balaban J connectivity index is 3.30. The zero-order valence-electron chi connectivity index (χ0n) is 13.1. The highest BCUT2D eigenvalue weighted by atomic mass is 32.2. The van der Waals surface area contributed by atoms with Gasteiger partial charge in [-0.3, -0.25) is 0 Å². The van der Waals surface area contributed by atoms with Crippen molar-refractivity contribution >= 4 is 10.0 Å². The van der Waals surface area contributed by atoms with Crippen LogP contribution in [-0.2, 0) is 10.0 Å². The van der Waals surface area contributed by atoms with Crippen molar-refractivity contribution in [2.75, 3.05) is 27.2 Å². The van der Waals surface area contributed by atoms with Gasteiger partial charge in [0.15, 0.2) is 0 Å². The first-order valence-corrected chi connectivity index (χ1v) is 8.02. The zero-order valence-corrected chi connectivity index (χ0v) is 13.9. The van der Waals surface area contributed by atoms with Crippen LogP contribution < -0.4 is 9.88 Å². The average Bonchev–Trinajstić information content (AvgIpc) is 2.29. The lowest BCUT2D eigenvalue weighted by Gasteiger charge is -2.20. The molecule has 0 unspecified atom stereocenters. The zero-order chi connectivity index (χ0) is 15.7. The van der Waals surface area contributed by atoms with E-state index in [9.17, 15) is 8.42 Å². The second-order valence-corrected chi connectivity index (χ2v) is 6.85. The Kier molecular flexibility index (Phi) is 5.18. The Labute approximate surface area is 121 Å². The van der Waals surface area contributed by atoms with E-state index in [0.29, 0.717) is 17.7 Å². The Bertz CT molecular complexity index is 578. The van der Waals surface area contributed by atoms with Gasteiger partial charge in [-0.05, 0) is 64.0 Å². The van der Waals surface area contributed by atoms with E-state index in [4.69, 9.17) is 9.88 Å². The number of nitrogens with two attached hydrogens (primary N) is 1. The molecule has 0 aliphatic carbocycles. The van der Waals surface area contributed by atoms with E-state index >= 15 is 0 Å². The Morgan fingerprint density at radius 2 is 1.45 bits per heavy atom. The molecule has 0 aromatic heterocycles. The third-order valence-corrected chi connectivity index (χ3v) is 4.74. The van der Waals surface area contributed by atoms with Crippen molar-refractivity contribution in [3.05, 3.63) is 22.3 Å². The third kappa shape index (κ3) is 3.50. The summed E-state index contributed by atoms with van der Waals surface area (Å²) in [6, 6.07) is 0. The molecule has 0 aliphatic heterocycles. The van der Waals surface area contributed by atoms with Gasteiger partial charge in [-0.15, -0.1) is 0 Å². The van der Waals surface area contributed by atoms with E-state index < -0.39 is 10.0 Å². The Morgan fingerprint density at radius 1 is 1.00 bits per heavy atom. The minimum absolute atomic E-state index is 0.215. The van der Waals surface area contributed by atoms with Crippen LogP contribution in [-0.4, -0.2) is 40.6 Å². The molecular weight excluding hydrogens is 276 g/mol. The SMILES string of the molecule is Cc1c(C)c(S(N)(=O)=O)c(C)c(C)c1OCCN(C)C. The molecular formula is C14H24N2O3S. The van der Waals surface area contributed by atoms with Crippen LogP contribution in [0.2, 0.25) is 0 Å². The number of sulfonamides is 1. The molecule has 5 nitrogen and oxygen atoms in total. The van der Waals surface area contributed by atoms with Crippen LogP contribution >= 0.6 is 0 Å². The van der Waals surface area contributed by atoms with E-state index in [1.807, 2.05) is 32.8 Å². The minimum Gasteiger partial charge on any atom is -0.492 e. The summed E-state index contributed by atoms with van der Waals surface area (Å²) in [5.74, 6) is 0.759. The molecule has 1 rings (SSSR count). The van der Waals surface area contributed by atoms with Gasteiger partial charge in [0.25, 0.3) is 0 Å². The number of likely N-dealkylation sites (N-methyl/N-ethyl adjacent to an activating group) is 1. The molecule has 0 fully saturated rings. The van der Waals surface area contributed by atoms with Gasteiger partial charge >= 0.3 is 0 Å². The molecule has 1 aromatic rings. The molecule has 0 amide bonds. The van der Waals surface area contributed by atoms with Crippen LogP contribution in [0.15, 0.2) is 4.90 Å². The highest BCUT2D eigenvalue weighted by Gasteiger charge is 2.22. The number of ether oxygens (including phenoxy) is 1. The molecule has 0 heterocycles. The number of nitrogens with zero attached hydrogens (tertiary/aromatic N) is 1. The van der Waals surface area contributed by atoms with Crippen molar-refractivity contribution in [3.63, 3.8) is 0 Å². The monoisotopic (exact) mass is 300 g/mol. The quantitative estimate of drug-likeness (QED) is 0.894. The maximum absolute atomic E-state index is 11.7. The predicted molar refractivity (Wildman–Crippen MR) is 80.8 cm³/mol. The highest BCUT2D eigenvalue weighted by molar-refractivity contribution is 7.89. The number of rotatable bonds is 5. The predicted octanol–water partition coefficient (Wildman–Crippen LogP) is 1.51. The summed E-state index contributed by atoms with van der Waals surface area (Å²) in [5, 5.41) is 5.31.